The van der Waals surface area contributed by atoms with Gasteiger partial charge in [0.25, 0.3) is 0 Å². The molecule has 0 aromatic carbocycles. The van der Waals surface area contributed by atoms with Crippen LogP contribution >= 0.6 is 0 Å². The molecule has 5 N–H and O–H groups in total. The highest BCUT2D eigenvalue weighted by molar-refractivity contribution is 5.40. The lowest BCUT2D eigenvalue weighted by molar-refractivity contribution is 0.0862. The van der Waals surface area contributed by atoms with E-state index in [1.165, 1.54) is 150 Å². The molecule has 0 bridgehead atoms. The van der Waals surface area contributed by atoms with Crippen molar-refractivity contribution in [3.63, 3.8) is 0 Å². The van der Waals surface area contributed by atoms with Crippen molar-refractivity contribution in [2.75, 3.05) is 0 Å². The average Bonchev–Trinajstić information content (AvgIpc) is 1.72. The second kappa shape index (κ2) is 31.0. The van der Waals surface area contributed by atoms with Gasteiger partial charge in [-0.3, -0.25) is 0 Å². The molecule has 0 radical (unpaired) electrons. The second-order valence-corrected chi connectivity index (χ2v) is 32.4. The summed E-state index contributed by atoms with van der Waals surface area (Å²) in [5.74, 6) is 9.22. The van der Waals surface area contributed by atoms with Crippen LogP contribution < -0.4 is 0 Å². The van der Waals surface area contributed by atoms with Crippen molar-refractivity contribution in [1.29, 1.82) is 0 Å². The molecule has 0 amide bonds. The van der Waals surface area contributed by atoms with Gasteiger partial charge >= 0.3 is 0 Å². The summed E-state index contributed by atoms with van der Waals surface area (Å²) < 4.78 is 0. The van der Waals surface area contributed by atoms with Gasteiger partial charge in [0.1, 0.15) is 0 Å². The number of hydrogen-bond donors (Lipinski definition) is 5. The van der Waals surface area contributed by atoms with Crippen LogP contribution in [0.2, 0.25) is 0 Å². The highest BCUT2D eigenvalue weighted by Gasteiger charge is 2.53. The van der Waals surface area contributed by atoms with Crippen molar-refractivity contribution >= 4 is 0 Å². The van der Waals surface area contributed by atoms with E-state index in [-0.39, 0.29) is 18.3 Å². The van der Waals surface area contributed by atoms with Crippen LogP contribution in [0.25, 0.3) is 0 Å². The first-order chi connectivity index (χ1) is 41.3. The van der Waals surface area contributed by atoms with Gasteiger partial charge in [-0.2, -0.15) is 0 Å². The number of fused-ring (bicyclic) bond motifs is 3. The van der Waals surface area contributed by atoms with Crippen molar-refractivity contribution in [1.82, 2.24) is 0 Å². The molecule has 0 aliphatic heterocycles. The summed E-state index contributed by atoms with van der Waals surface area (Å²) in [5, 5.41) is 50.4. The summed E-state index contributed by atoms with van der Waals surface area (Å²) in [6.07, 6.45) is 53.9. The van der Waals surface area contributed by atoms with Gasteiger partial charge in [-0.1, -0.05) is 204 Å². The summed E-state index contributed by atoms with van der Waals surface area (Å²) in [4.78, 5) is 0. The standard InChI is InChI=1S/C28H44O.C27H40O3.C27H44O/c1-19(2)20(3)9-10-22(5)26-15-16-27-23(8-7-17-28(26,27)6)12-13-24-18-25(29)14-11-21(24)4;1-17(6-13-25(29)20-8-9-20)23-11-12-24-19(5-4-14-27(23,24)3)7-10-21-15-22(28)16-26(30)18(21)2;1-19(2)8-6-9-21(4)25-15-16-26-22(10-7-17-27(25,26)5)12-13-23-18-24(28)14-11-20(23)3/h9-10,12-13,19-20,22,25-27,29H,4,7-8,11,14-18H2,1-3,5-6H3;6-7,10,13,17,20,22-26,28-30H,2,4-5,8-9,11-12,14-16H2,1,3H3;12-13,19,21,24-26,28H,3,6-11,14-18H2,1-2,4-5H3/b10-9+,23-12+,24-13-;13-6+,19-7+,21-10-;22-12+,23-13-/t20-,22+,25-,26+,27-,28+;17-,22-,23-,24+,25+,26+,27-;21-,24+,25-,26+,27-/m011/s1. The number of rotatable bonds is 16. The number of allylic oxidation sites excluding steroid dienone is 14. The third-order valence-electron chi connectivity index (χ3n) is 25.6. The second-order valence-electron chi connectivity index (χ2n) is 32.4. The lowest BCUT2D eigenvalue weighted by Gasteiger charge is -2.44. The predicted octanol–water partition coefficient (Wildman–Crippen LogP) is 20.4. The van der Waals surface area contributed by atoms with Crippen LogP contribution in [0.15, 0.2) is 131 Å². The number of aliphatic hydroxyl groups is 5. The molecule has 0 unspecified atom stereocenters. The minimum atomic E-state index is -0.621. The fourth-order valence-electron chi connectivity index (χ4n) is 19.5. The van der Waals surface area contributed by atoms with E-state index in [0.29, 0.717) is 64.6 Å². The summed E-state index contributed by atoms with van der Waals surface area (Å²) >= 11 is 0. The Bertz CT molecular complexity index is 2590. The maximum atomic E-state index is 10.2. The van der Waals surface area contributed by atoms with Crippen LogP contribution in [0.5, 0.6) is 0 Å². The highest BCUT2D eigenvalue weighted by Crippen LogP contribution is 2.62. The van der Waals surface area contributed by atoms with E-state index in [1.54, 1.807) is 11.1 Å². The summed E-state index contributed by atoms with van der Waals surface area (Å²) in [6.45, 7) is 39.2. The fourth-order valence-corrected chi connectivity index (χ4v) is 19.5. The van der Waals surface area contributed by atoms with Crippen molar-refractivity contribution in [2.24, 2.45) is 93.2 Å². The van der Waals surface area contributed by atoms with Gasteiger partial charge in [0, 0.05) is 6.42 Å². The smallest absolute Gasteiger partial charge is 0.0811 e. The number of aliphatic hydroxyl groups excluding tert-OH is 5. The molecule has 10 fully saturated rings. The van der Waals surface area contributed by atoms with E-state index < -0.39 is 12.2 Å². The Morgan fingerprint density at radius 2 is 0.897 bits per heavy atom. The average molecular weight is 1190 g/mol. The van der Waals surface area contributed by atoms with Crippen molar-refractivity contribution in [3.05, 3.63) is 131 Å². The van der Waals surface area contributed by atoms with E-state index in [4.69, 9.17) is 0 Å². The Kier molecular flexibility index (Phi) is 24.9. The lowest BCUT2D eigenvalue weighted by atomic mass is 9.60. The van der Waals surface area contributed by atoms with E-state index in [0.717, 1.165) is 97.5 Å². The summed E-state index contributed by atoms with van der Waals surface area (Å²) in [5.41, 5.74) is 13.0. The van der Waals surface area contributed by atoms with Gasteiger partial charge in [-0.25, -0.2) is 0 Å². The Labute approximate surface area is 533 Å². The van der Waals surface area contributed by atoms with E-state index >= 15 is 0 Å². The van der Waals surface area contributed by atoms with Crippen LogP contribution in [-0.2, 0) is 0 Å². The largest absolute Gasteiger partial charge is 0.393 e. The van der Waals surface area contributed by atoms with Crippen LogP contribution in [0.3, 0.4) is 0 Å². The Hall–Kier alpha value is -3.06. The zero-order chi connectivity index (χ0) is 63.0. The maximum absolute atomic E-state index is 10.2. The normalized spacial score (nSPS) is 39.4. The van der Waals surface area contributed by atoms with E-state index in [2.05, 4.69) is 157 Å². The summed E-state index contributed by atoms with van der Waals surface area (Å²) in [6, 6.07) is 0. The zero-order valence-electron chi connectivity index (χ0n) is 57.3. The van der Waals surface area contributed by atoms with E-state index in [9.17, 15) is 25.5 Å². The SMILES string of the molecule is C=C1/C(=C\C=C2/CCC[C@]3(C)[C@@H]([C@H](C)/C=C/[C@H](O)C4CC4)CC[C@@H]23)C[C@@H](O)C[C@@H]1O.C=C1CC[C@H](O)C/C1=C/C=C1\CCC[C@]2(C)[C@@H]([C@H](C)/C=C/[C@H](C)C(C)C)CC[C@@H]12.C=C1CC[C@H](O)C/C1=C/C=C1\CCC[C@]2(C)[C@@H]([C@H](C)CCCC(C)C)CC[C@@H]12. The Morgan fingerprint density at radius 3 is 1.34 bits per heavy atom. The number of hydrogen-bond acceptors (Lipinski definition) is 5. The molecule has 0 aromatic heterocycles. The van der Waals surface area contributed by atoms with Gasteiger partial charge in [-0.05, 0) is 270 Å². The van der Waals surface area contributed by atoms with Crippen LogP contribution in [0.4, 0.5) is 0 Å². The van der Waals surface area contributed by atoms with Crippen molar-refractivity contribution in [2.45, 2.75) is 286 Å². The highest BCUT2D eigenvalue weighted by atomic mass is 16.3. The fraction of sp³-hybridized carbons (Fsp3) is 0.732. The molecule has 0 heterocycles. The van der Waals surface area contributed by atoms with Gasteiger partial charge in [0.05, 0.1) is 30.5 Å². The molecule has 0 saturated heterocycles. The molecule has 18 atom stereocenters. The van der Waals surface area contributed by atoms with Crippen LogP contribution in [0, 0.1) is 93.2 Å². The molecule has 10 aliphatic carbocycles. The molecule has 5 nitrogen and oxygen atoms in total. The Morgan fingerprint density at radius 1 is 0.471 bits per heavy atom. The van der Waals surface area contributed by atoms with Gasteiger partial charge in [-0.15, -0.1) is 0 Å². The first-order valence-corrected chi connectivity index (χ1v) is 36.3. The summed E-state index contributed by atoms with van der Waals surface area (Å²) in [7, 11) is 0. The zero-order valence-corrected chi connectivity index (χ0v) is 57.3. The maximum Gasteiger partial charge on any atom is 0.0811 e. The van der Waals surface area contributed by atoms with Gasteiger partial charge in [0.2, 0.25) is 0 Å². The molecule has 10 saturated carbocycles. The molecule has 5 heteroatoms. The molecular formula is C82H128O5. The van der Waals surface area contributed by atoms with Gasteiger partial charge < -0.3 is 25.5 Å². The molecule has 10 aliphatic rings. The van der Waals surface area contributed by atoms with Crippen molar-refractivity contribution in [3.8, 4) is 0 Å². The minimum absolute atomic E-state index is 0.172. The van der Waals surface area contributed by atoms with Crippen molar-refractivity contribution < 1.29 is 25.5 Å². The van der Waals surface area contributed by atoms with Gasteiger partial charge in [0.15, 0.2) is 0 Å². The van der Waals surface area contributed by atoms with Crippen LogP contribution in [0.1, 0.15) is 256 Å². The Balaban J connectivity index is 0.000000169. The molecule has 0 aromatic rings. The minimum Gasteiger partial charge on any atom is -0.393 e. The predicted molar refractivity (Wildman–Crippen MR) is 369 cm³/mol. The first kappa shape index (κ1) is 69.8. The van der Waals surface area contributed by atoms with E-state index in [1.807, 2.05) is 0 Å². The quantitative estimate of drug-likeness (QED) is 0.0992. The molecule has 0 spiro atoms. The topological polar surface area (TPSA) is 101 Å². The van der Waals surface area contributed by atoms with Crippen LogP contribution in [-0.4, -0.2) is 56.1 Å². The molecule has 10 rings (SSSR count). The molecular weight excluding hydrogens is 1060 g/mol. The third kappa shape index (κ3) is 17.4. The first-order valence-electron chi connectivity index (χ1n) is 36.3. The molecule has 87 heavy (non-hydrogen) atoms. The third-order valence-corrected chi connectivity index (χ3v) is 25.6. The molecule has 486 valence electrons. The lowest BCUT2D eigenvalue weighted by Crippen LogP contribution is -2.36. The monoisotopic (exact) mass is 1190 g/mol.